The molecule has 0 bridgehead atoms. The van der Waals surface area contributed by atoms with E-state index in [4.69, 9.17) is 22.1 Å². The first-order chi connectivity index (χ1) is 17.4. The van der Waals surface area contributed by atoms with Gasteiger partial charge >= 0.3 is 12.1 Å². The molecule has 0 atom stereocenters. The van der Waals surface area contributed by atoms with Crippen LogP contribution in [-0.2, 0) is 11.8 Å². The quantitative estimate of drug-likeness (QED) is 0.247. The summed E-state index contributed by atoms with van der Waals surface area (Å²) >= 11 is 6.22. The molecule has 0 aliphatic carbocycles. The Kier molecular flexibility index (Phi) is 8.23. The molecule has 0 aliphatic rings. The van der Waals surface area contributed by atoms with Gasteiger partial charge in [-0.2, -0.15) is 18.3 Å². The van der Waals surface area contributed by atoms with E-state index in [1.165, 1.54) is 29.1 Å². The van der Waals surface area contributed by atoms with E-state index in [1.807, 2.05) is 0 Å². The van der Waals surface area contributed by atoms with Crippen LogP contribution in [0.25, 0.3) is 11.3 Å². The Morgan fingerprint density at radius 3 is 2.46 bits per heavy atom. The summed E-state index contributed by atoms with van der Waals surface area (Å²) in [7, 11) is 2.46. The van der Waals surface area contributed by atoms with Crippen LogP contribution in [0.3, 0.4) is 0 Å². The zero-order chi connectivity index (χ0) is 27.5. The summed E-state index contributed by atoms with van der Waals surface area (Å²) in [5.41, 5.74) is 4.88. The molecule has 0 saturated heterocycles. The van der Waals surface area contributed by atoms with Gasteiger partial charge in [-0.3, -0.25) is 9.48 Å². The lowest BCUT2D eigenvalue weighted by Crippen LogP contribution is -2.29. The first-order valence-electron chi connectivity index (χ1n) is 10.2. The molecule has 9 nitrogen and oxygen atoms in total. The molecule has 3 aromatic rings. The number of hydrogen-bond donors (Lipinski definition) is 2. The highest BCUT2D eigenvalue weighted by molar-refractivity contribution is 6.33. The van der Waals surface area contributed by atoms with E-state index >= 15 is 4.39 Å². The highest BCUT2D eigenvalue weighted by Crippen LogP contribution is 2.38. The normalized spacial score (nSPS) is 11.3. The molecule has 37 heavy (non-hydrogen) atoms. The molecule has 1 heterocycles. The van der Waals surface area contributed by atoms with Gasteiger partial charge in [0.25, 0.3) is 5.91 Å². The van der Waals surface area contributed by atoms with Crippen molar-refractivity contribution in [2.45, 2.75) is 6.18 Å². The number of nitrogens with two attached hydrogens (primary N) is 1. The number of carbonyl (C=O) groups excluding carboxylic acids is 2. The van der Waals surface area contributed by atoms with Gasteiger partial charge in [0, 0.05) is 30.9 Å². The fourth-order valence-corrected chi connectivity index (χ4v) is 3.45. The summed E-state index contributed by atoms with van der Waals surface area (Å²) in [5, 5.41) is 6.49. The van der Waals surface area contributed by atoms with Crippen LogP contribution in [0.4, 0.5) is 27.6 Å². The Bertz CT molecular complexity index is 1330. The lowest BCUT2D eigenvalue weighted by atomic mass is 10.1. The average molecular weight is 549 g/mol. The number of nitrogens with one attached hydrogen (secondary N) is 1. The molecule has 0 unspecified atom stereocenters. The van der Waals surface area contributed by atoms with Crippen molar-refractivity contribution in [3.63, 3.8) is 0 Å². The largest absolute Gasteiger partial charge is 0.493 e. The fraction of sp³-hybridized carbons (Fsp3) is 0.227. The zero-order valence-electron chi connectivity index (χ0n) is 19.1. The summed E-state index contributed by atoms with van der Waals surface area (Å²) in [6.07, 6.45) is -4.13. The maximum Gasteiger partial charge on any atom is 0.491 e. The summed E-state index contributed by atoms with van der Waals surface area (Å²) in [6, 6.07) is 4.54. The number of anilines is 1. The molecule has 0 aliphatic heterocycles. The van der Waals surface area contributed by atoms with Gasteiger partial charge in [0.1, 0.15) is 23.7 Å². The van der Waals surface area contributed by atoms with Crippen molar-refractivity contribution in [3.05, 3.63) is 52.7 Å². The Labute approximate surface area is 210 Å². The molecule has 0 saturated carbocycles. The van der Waals surface area contributed by atoms with Gasteiger partial charge in [-0.1, -0.05) is 11.6 Å². The minimum absolute atomic E-state index is 0.000759. The molecular weight excluding hydrogens is 531 g/mol. The van der Waals surface area contributed by atoms with Crippen molar-refractivity contribution in [2.24, 2.45) is 12.8 Å². The standard InChI is InChI=1S/C22H18ClF5N4O5/c1-32-18(12(23)9-30-32)11-7-10(3-4-14(11)36-6-5-29)31-20(33)16-13(24)8-15(35-2)19(17(16)25)37-21(34)22(26,27)28/h3-4,7-9H,5-6,29H2,1-2H3,(H,31,33). The topological polar surface area (TPSA) is 118 Å². The van der Waals surface area contributed by atoms with Crippen LogP contribution >= 0.6 is 11.6 Å². The van der Waals surface area contributed by atoms with Crippen LogP contribution in [0.1, 0.15) is 10.4 Å². The van der Waals surface area contributed by atoms with E-state index in [0.717, 1.165) is 7.11 Å². The van der Waals surface area contributed by atoms with Crippen molar-refractivity contribution in [2.75, 3.05) is 25.6 Å². The minimum Gasteiger partial charge on any atom is -0.493 e. The van der Waals surface area contributed by atoms with Gasteiger partial charge in [-0.25, -0.2) is 13.6 Å². The highest BCUT2D eigenvalue weighted by atomic mass is 35.5. The number of benzene rings is 2. The van der Waals surface area contributed by atoms with Crippen molar-refractivity contribution in [1.82, 2.24) is 9.78 Å². The number of ether oxygens (including phenoxy) is 3. The lowest BCUT2D eigenvalue weighted by Gasteiger charge is -2.16. The summed E-state index contributed by atoms with van der Waals surface area (Å²) in [6.45, 7) is 0.324. The van der Waals surface area contributed by atoms with Crippen LogP contribution in [-0.4, -0.2) is 48.1 Å². The fourth-order valence-electron chi connectivity index (χ4n) is 3.18. The van der Waals surface area contributed by atoms with Crippen LogP contribution in [0, 0.1) is 11.6 Å². The Balaban J connectivity index is 2.02. The van der Waals surface area contributed by atoms with Crippen LogP contribution in [0.15, 0.2) is 30.5 Å². The maximum atomic E-state index is 15.0. The highest BCUT2D eigenvalue weighted by Gasteiger charge is 2.43. The van der Waals surface area contributed by atoms with Crippen LogP contribution < -0.4 is 25.3 Å². The summed E-state index contributed by atoms with van der Waals surface area (Å²) in [5.74, 6) is -9.56. The van der Waals surface area contributed by atoms with Gasteiger partial charge in [-0.15, -0.1) is 0 Å². The molecule has 0 radical (unpaired) electrons. The van der Waals surface area contributed by atoms with E-state index in [2.05, 4.69) is 19.9 Å². The van der Waals surface area contributed by atoms with Gasteiger partial charge in [0.2, 0.25) is 5.75 Å². The predicted molar refractivity (Wildman–Crippen MR) is 121 cm³/mol. The van der Waals surface area contributed by atoms with Gasteiger partial charge < -0.3 is 25.3 Å². The van der Waals surface area contributed by atoms with Gasteiger partial charge in [0.15, 0.2) is 11.6 Å². The van der Waals surface area contributed by atoms with Gasteiger partial charge in [0.05, 0.1) is 24.0 Å². The van der Waals surface area contributed by atoms with Crippen molar-refractivity contribution in [1.29, 1.82) is 0 Å². The average Bonchev–Trinajstić information content (AvgIpc) is 3.16. The SMILES string of the molecule is COc1cc(F)c(C(=O)Nc2ccc(OCCN)c(-c3c(Cl)cnn3C)c2)c(F)c1OC(=O)C(F)(F)F. The second-order valence-electron chi connectivity index (χ2n) is 7.23. The maximum absolute atomic E-state index is 15.0. The smallest absolute Gasteiger partial charge is 0.491 e. The molecule has 3 N–H and O–H groups in total. The molecule has 0 spiro atoms. The lowest BCUT2D eigenvalue weighted by molar-refractivity contribution is -0.190. The number of carbonyl (C=O) groups is 2. The second kappa shape index (κ2) is 11.0. The van der Waals surface area contributed by atoms with Gasteiger partial charge in [-0.05, 0) is 18.2 Å². The monoisotopic (exact) mass is 548 g/mol. The number of alkyl halides is 3. The number of methoxy groups -OCH3 is 1. The molecule has 198 valence electrons. The van der Waals surface area contributed by atoms with Crippen molar-refractivity contribution in [3.8, 4) is 28.5 Å². The molecular formula is C22H18ClF5N4O5. The second-order valence-corrected chi connectivity index (χ2v) is 7.64. The first kappa shape index (κ1) is 27.7. The van der Waals surface area contributed by atoms with E-state index in [9.17, 15) is 27.2 Å². The summed E-state index contributed by atoms with van der Waals surface area (Å²) < 4.78 is 83.1. The molecule has 1 amide bonds. The molecule has 0 fully saturated rings. The molecule has 3 rings (SSSR count). The predicted octanol–water partition coefficient (Wildman–Crippen LogP) is 4.08. The number of nitrogens with zero attached hydrogens (tertiary/aromatic N) is 2. The van der Waals surface area contributed by atoms with E-state index < -0.39 is 46.7 Å². The summed E-state index contributed by atoms with van der Waals surface area (Å²) in [4.78, 5) is 24.0. The van der Waals surface area contributed by atoms with Crippen molar-refractivity contribution < 1.29 is 45.8 Å². The Hall–Kier alpha value is -3.91. The van der Waals surface area contributed by atoms with E-state index in [1.54, 1.807) is 7.05 Å². The third-order valence-corrected chi connectivity index (χ3v) is 5.05. The third kappa shape index (κ3) is 5.91. The molecule has 2 aromatic carbocycles. The number of amides is 1. The van der Waals surface area contributed by atoms with E-state index in [0.29, 0.717) is 23.1 Å². The third-order valence-electron chi connectivity index (χ3n) is 4.77. The van der Waals surface area contributed by atoms with Crippen LogP contribution in [0.5, 0.6) is 17.2 Å². The van der Waals surface area contributed by atoms with Crippen LogP contribution in [0.2, 0.25) is 5.02 Å². The first-order valence-corrected chi connectivity index (χ1v) is 10.6. The number of hydrogen-bond acceptors (Lipinski definition) is 7. The number of aryl methyl sites for hydroxylation is 1. The van der Waals surface area contributed by atoms with E-state index in [-0.39, 0.29) is 23.9 Å². The molecule has 1 aromatic heterocycles. The minimum atomic E-state index is -5.49. The number of esters is 1. The number of rotatable bonds is 8. The zero-order valence-corrected chi connectivity index (χ0v) is 19.8. The number of halogens is 6. The Morgan fingerprint density at radius 2 is 1.89 bits per heavy atom. The number of aromatic nitrogens is 2. The van der Waals surface area contributed by atoms with Crippen molar-refractivity contribution >= 4 is 29.2 Å². The molecule has 15 heteroatoms. The Morgan fingerprint density at radius 1 is 1.19 bits per heavy atom.